The molecule has 5 N–H and O–H groups in total. The zero-order valence-corrected chi connectivity index (χ0v) is 18.7. The number of nitrogens with zero attached hydrogens (tertiary/aromatic N) is 1. The largest absolute Gasteiger partial charge is 0.394 e. The van der Waals surface area contributed by atoms with E-state index in [1.165, 1.54) is 11.8 Å². The Morgan fingerprint density at radius 3 is 2.47 bits per heavy atom. The fourth-order valence-corrected chi connectivity index (χ4v) is 4.79. The molecule has 1 fully saturated rings. The number of benzene rings is 2. The van der Waals surface area contributed by atoms with Gasteiger partial charge in [-0.1, -0.05) is 33.8 Å². The first kappa shape index (κ1) is 24.7. The summed E-state index contributed by atoms with van der Waals surface area (Å²) in [5.41, 5.74) is 5.90. The Labute approximate surface area is 193 Å². The fraction of sp³-hybridized carbons (Fsp3) is 0.300. The Hall–Kier alpha value is -1.96. The highest BCUT2D eigenvalue weighted by Crippen LogP contribution is 2.34. The highest BCUT2D eigenvalue weighted by molar-refractivity contribution is 9.10. The summed E-state index contributed by atoms with van der Waals surface area (Å²) >= 11 is 4.52. The van der Waals surface area contributed by atoms with Gasteiger partial charge in [-0.2, -0.15) is 5.11 Å². The minimum atomic E-state index is -1.65. The molecule has 3 unspecified atom stereocenters. The van der Waals surface area contributed by atoms with E-state index in [2.05, 4.69) is 26.4 Å². The van der Waals surface area contributed by atoms with Gasteiger partial charge in [0.1, 0.15) is 29.4 Å². The number of thioether (sulfide) groups is 1. The normalized spacial score (nSPS) is 26.1. The van der Waals surface area contributed by atoms with Crippen molar-refractivity contribution < 1.29 is 33.2 Å². The Balaban J connectivity index is 1.84. The summed E-state index contributed by atoms with van der Waals surface area (Å²) in [5.74, 6) is -4.56. The summed E-state index contributed by atoms with van der Waals surface area (Å²) in [6, 6.07) is 7.47. The van der Waals surface area contributed by atoms with E-state index >= 15 is 0 Å². The van der Waals surface area contributed by atoms with Crippen LogP contribution in [0.15, 0.2) is 57.1 Å². The molecule has 5 atom stereocenters. The van der Waals surface area contributed by atoms with Crippen LogP contribution in [0, 0.1) is 23.0 Å². The molecule has 3 rings (SSSR count). The molecule has 0 aliphatic carbocycles. The molecule has 0 saturated carbocycles. The highest BCUT2D eigenvalue weighted by Gasteiger charge is 2.44. The molecule has 2 aromatic rings. The van der Waals surface area contributed by atoms with Crippen molar-refractivity contribution >= 4 is 33.4 Å². The average molecular weight is 534 g/mol. The molecule has 7 nitrogen and oxygen atoms in total. The van der Waals surface area contributed by atoms with Gasteiger partial charge < -0.3 is 25.4 Å². The van der Waals surface area contributed by atoms with Crippen molar-refractivity contribution in [2.45, 2.75) is 34.7 Å². The Bertz CT molecular complexity index is 993. The van der Waals surface area contributed by atoms with Gasteiger partial charge in [0.2, 0.25) is 0 Å². The number of ether oxygens (including phenoxy) is 1. The zero-order valence-electron chi connectivity index (χ0n) is 16.3. The molecule has 12 heteroatoms. The lowest BCUT2D eigenvalue weighted by atomic mass is 9.97. The van der Waals surface area contributed by atoms with E-state index in [0.717, 1.165) is 15.6 Å². The van der Waals surface area contributed by atoms with Crippen LogP contribution < -0.4 is 5.32 Å². The highest BCUT2D eigenvalue weighted by atomic mass is 79.9. The van der Waals surface area contributed by atoms with Crippen LogP contribution in [0.25, 0.3) is 5.70 Å². The van der Waals surface area contributed by atoms with Crippen LogP contribution in [-0.2, 0) is 4.74 Å². The first-order valence-electron chi connectivity index (χ1n) is 9.28. The monoisotopic (exact) mass is 533 g/mol. The van der Waals surface area contributed by atoms with Crippen molar-refractivity contribution in [2.24, 2.45) is 5.11 Å². The molecular formula is C20H19BrF3N3O4S. The maximum Gasteiger partial charge on any atom is 0.194 e. The average Bonchev–Trinajstić information content (AvgIpc) is 2.76. The standard InChI is InChI=1S/C20H19BrF3N3O4S/c21-10-2-1-3-11(6-10)32-20-19(30)17(18(29)15(8-28)31-20)26-7-14(27-25)9-4-12(22)16(24)13(23)5-9/h1-7,15,17-20,25-26,28-30H,8H2/b14-7-,27-25?/t15?,17?,18-,19?,20+/m0/s1. The van der Waals surface area contributed by atoms with Crippen LogP contribution in [0.3, 0.4) is 0 Å². The third-order valence-electron chi connectivity index (χ3n) is 4.75. The number of rotatable bonds is 7. The summed E-state index contributed by atoms with van der Waals surface area (Å²) in [6.07, 6.45) is -2.62. The maximum absolute atomic E-state index is 13.5. The molecule has 1 heterocycles. The number of hydrogen-bond donors (Lipinski definition) is 5. The van der Waals surface area contributed by atoms with Gasteiger partial charge in [0, 0.05) is 21.1 Å². The van der Waals surface area contributed by atoms with Crippen molar-refractivity contribution in [3.63, 3.8) is 0 Å². The van der Waals surface area contributed by atoms with Gasteiger partial charge in [-0.05, 0) is 30.3 Å². The zero-order chi connectivity index (χ0) is 23.4. The van der Waals surface area contributed by atoms with Gasteiger partial charge in [-0.25, -0.2) is 18.7 Å². The second-order valence-electron chi connectivity index (χ2n) is 6.87. The molecule has 172 valence electrons. The van der Waals surface area contributed by atoms with E-state index in [9.17, 15) is 28.5 Å². The lowest BCUT2D eigenvalue weighted by molar-refractivity contribution is -0.164. The molecule has 2 aromatic carbocycles. The summed E-state index contributed by atoms with van der Waals surface area (Å²) in [5, 5.41) is 36.7. The van der Waals surface area contributed by atoms with Gasteiger partial charge in [-0.15, -0.1) is 0 Å². The van der Waals surface area contributed by atoms with E-state index in [1.54, 1.807) is 18.2 Å². The summed E-state index contributed by atoms with van der Waals surface area (Å²) in [4.78, 5) is 0.755. The molecule has 1 aliphatic heterocycles. The summed E-state index contributed by atoms with van der Waals surface area (Å²) < 4.78 is 46.7. The first-order chi connectivity index (χ1) is 15.2. The van der Waals surface area contributed by atoms with Gasteiger partial charge in [-0.3, -0.25) is 0 Å². The topological polar surface area (TPSA) is 118 Å². The molecule has 1 saturated heterocycles. The smallest absolute Gasteiger partial charge is 0.194 e. The number of hydrogen-bond acceptors (Lipinski definition) is 8. The van der Waals surface area contributed by atoms with Crippen LogP contribution >= 0.6 is 27.7 Å². The van der Waals surface area contributed by atoms with Crippen LogP contribution in [0.1, 0.15) is 5.56 Å². The molecule has 0 aromatic heterocycles. The number of nitrogens with one attached hydrogen (secondary N) is 2. The van der Waals surface area contributed by atoms with Crippen LogP contribution in [-0.4, -0.2) is 51.7 Å². The lowest BCUT2D eigenvalue weighted by Crippen LogP contribution is -2.61. The van der Waals surface area contributed by atoms with Gasteiger partial charge >= 0.3 is 0 Å². The molecule has 0 bridgehead atoms. The maximum atomic E-state index is 13.5. The minimum absolute atomic E-state index is 0.223. The second kappa shape index (κ2) is 10.8. The van der Waals surface area contributed by atoms with Gasteiger partial charge in [0.25, 0.3) is 0 Å². The van der Waals surface area contributed by atoms with Gasteiger partial charge in [0.15, 0.2) is 17.5 Å². The molecule has 0 spiro atoms. The predicted octanol–water partition coefficient (Wildman–Crippen LogP) is 3.39. The number of aliphatic hydroxyl groups excluding tert-OH is 3. The Morgan fingerprint density at radius 1 is 1.19 bits per heavy atom. The Kier molecular flexibility index (Phi) is 8.31. The number of halogens is 4. The van der Waals surface area contributed by atoms with Crippen LogP contribution in [0.2, 0.25) is 0 Å². The third kappa shape index (κ3) is 5.50. The van der Waals surface area contributed by atoms with Crippen molar-refractivity contribution in [1.82, 2.24) is 5.32 Å². The molecular weight excluding hydrogens is 515 g/mol. The van der Waals surface area contributed by atoms with E-state index in [4.69, 9.17) is 10.3 Å². The predicted molar refractivity (Wildman–Crippen MR) is 114 cm³/mol. The van der Waals surface area contributed by atoms with Crippen molar-refractivity contribution in [2.75, 3.05) is 6.61 Å². The quantitative estimate of drug-likeness (QED) is 0.275. The minimum Gasteiger partial charge on any atom is -0.394 e. The fourth-order valence-electron chi connectivity index (χ4n) is 3.11. The van der Waals surface area contributed by atoms with Gasteiger partial charge in [0.05, 0.1) is 12.6 Å². The summed E-state index contributed by atoms with van der Waals surface area (Å²) in [6.45, 7) is -0.532. The molecule has 1 aliphatic rings. The Morgan fingerprint density at radius 2 is 1.88 bits per heavy atom. The molecule has 0 radical (unpaired) electrons. The summed E-state index contributed by atoms with van der Waals surface area (Å²) in [7, 11) is 0. The van der Waals surface area contributed by atoms with Crippen molar-refractivity contribution in [3.8, 4) is 0 Å². The number of aliphatic hydroxyl groups is 3. The third-order valence-corrected chi connectivity index (χ3v) is 6.39. The lowest BCUT2D eigenvalue weighted by Gasteiger charge is -2.42. The van der Waals surface area contributed by atoms with E-state index in [0.29, 0.717) is 12.1 Å². The van der Waals surface area contributed by atoms with E-state index in [1.807, 2.05) is 6.07 Å². The molecule has 0 amide bonds. The SMILES string of the molecule is N=N/C(=C\NC1C(O)[C@@H](Sc2cccc(Br)c2)OC(CO)[C@@H]1O)c1cc(F)c(F)c(F)c1. The van der Waals surface area contributed by atoms with E-state index < -0.39 is 53.8 Å². The van der Waals surface area contributed by atoms with Crippen LogP contribution in [0.4, 0.5) is 13.2 Å². The second-order valence-corrected chi connectivity index (χ2v) is 8.96. The first-order valence-corrected chi connectivity index (χ1v) is 11.0. The van der Waals surface area contributed by atoms with Crippen LogP contribution in [0.5, 0.6) is 0 Å². The van der Waals surface area contributed by atoms with Crippen molar-refractivity contribution in [1.29, 1.82) is 5.53 Å². The molecule has 32 heavy (non-hydrogen) atoms. The van der Waals surface area contributed by atoms with E-state index in [-0.39, 0.29) is 11.3 Å². The van der Waals surface area contributed by atoms with Crippen molar-refractivity contribution in [3.05, 3.63) is 70.1 Å².